The molecular weight excluding hydrogens is 480 g/mol. The number of ether oxygens (including phenoxy) is 1. The summed E-state index contributed by atoms with van der Waals surface area (Å²) in [6.45, 7) is 7.96. The third-order valence-corrected chi connectivity index (χ3v) is 9.26. The summed E-state index contributed by atoms with van der Waals surface area (Å²) in [4.78, 5) is 0.361. The molecule has 6 heteroatoms. The monoisotopic (exact) mass is 514 g/mol. The first-order chi connectivity index (χ1) is 17.8. The number of nitrogens with zero attached hydrogens (tertiary/aromatic N) is 2. The van der Waals surface area contributed by atoms with E-state index >= 15 is 0 Å². The molecule has 0 fully saturated rings. The summed E-state index contributed by atoms with van der Waals surface area (Å²) in [7, 11) is -1.85. The maximum absolute atomic E-state index is 13.3. The van der Waals surface area contributed by atoms with Crippen molar-refractivity contribution in [1.82, 2.24) is 8.87 Å². The molecule has 5 rings (SSSR count). The Kier molecular flexibility index (Phi) is 6.97. The van der Waals surface area contributed by atoms with E-state index < -0.39 is 10.0 Å². The minimum Gasteiger partial charge on any atom is -0.497 e. The van der Waals surface area contributed by atoms with Crippen molar-refractivity contribution < 1.29 is 13.2 Å². The molecule has 1 aromatic heterocycles. The highest BCUT2D eigenvalue weighted by atomic mass is 32.2. The molecule has 4 aromatic rings. The molecule has 0 saturated carbocycles. The van der Waals surface area contributed by atoms with E-state index in [1.54, 1.807) is 23.5 Å². The molecule has 0 bridgehead atoms. The Morgan fingerprint density at radius 1 is 0.973 bits per heavy atom. The van der Waals surface area contributed by atoms with Crippen LogP contribution in [0, 0.1) is 6.92 Å². The zero-order valence-electron chi connectivity index (χ0n) is 21.9. The van der Waals surface area contributed by atoms with Gasteiger partial charge in [0.1, 0.15) is 5.75 Å². The van der Waals surface area contributed by atoms with Crippen molar-refractivity contribution >= 4 is 26.5 Å². The second-order valence-electron chi connectivity index (χ2n) is 9.98. The largest absolute Gasteiger partial charge is 0.497 e. The van der Waals surface area contributed by atoms with Crippen LogP contribution in [0.2, 0.25) is 0 Å². The highest BCUT2D eigenvalue weighted by Gasteiger charge is 2.28. The van der Waals surface area contributed by atoms with Crippen LogP contribution in [-0.2, 0) is 16.6 Å². The zero-order chi connectivity index (χ0) is 26.2. The van der Waals surface area contributed by atoms with Crippen molar-refractivity contribution in [3.63, 3.8) is 0 Å². The summed E-state index contributed by atoms with van der Waals surface area (Å²) in [5, 5.41) is 1.20. The van der Waals surface area contributed by atoms with E-state index in [4.69, 9.17) is 4.74 Å². The van der Waals surface area contributed by atoms with Gasteiger partial charge in [-0.1, -0.05) is 62.4 Å². The van der Waals surface area contributed by atoms with Crippen LogP contribution in [0.1, 0.15) is 48.6 Å². The molecule has 0 saturated heterocycles. The highest BCUT2D eigenvalue weighted by molar-refractivity contribution is 7.89. The Bertz CT molecular complexity index is 1560. The Balaban J connectivity index is 1.45. The predicted octanol–water partition coefficient (Wildman–Crippen LogP) is 6.61. The van der Waals surface area contributed by atoms with Gasteiger partial charge in [-0.15, -0.1) is 0 Å². The molecule has 0 amide bonds. The SMILES string of the molecule is COc1cccc(Cn2c(C)c(C3=CCN(S(=O)(=O)c4ccc(C(C)C)cc4)CC3)c3ccccc32)c1. The zero-order valence-corrected chi connectivity index (χ0v) is 22.8. The third kappa shape index (κ3) is 4.83. The van der Waals surface area contributed by atoms with Crippen LogP contribution in [-0.4, -0.2) is 37.5 Å². The van der Waals surface area contributed by atoms with Crippen LogP contribution in [0.4, 0.5) is 0 Å². The van der Waals surface area contributed by atoms with Crippen LogP contribution in [0.5, 0.6) is 5.75 Å². The van der Waals surface area contributed by atoms with Gasteiger partial charge in [0.05, 0.1) is 12.0 Å². The third-order valence-electron chi connectivity index (χ3n) is 7.38. The molecular formula is C31H34N2O3S. The molecule has 0 atom stereocenters. The van der Waals surface area contributed by atoms with Crippen molar-refractivity contribution in [3.05, 3.63) is 101 Å². The average molecular weight is 515 g/mol. The number of methoxy groups -OCH3 is 1. The standard InChI is InChI=1S/C31H34N2O3S/c1-22(2)25-12-14-28(15-13-25)37(34,35)32-18-16-26(17-19-32)31-23(3)33(30-11-6-5-10-29(30)31)21-24-8-7-9-27(20-24)36-4/h5-16,20,22H,17-19,21H2,1-4H3. The molecule has 5 nitrogen and oxygen atoms in total. The van der Waals surface area contributed by atoms with Gasteiger partial charge in [-0.25, -0.2) is 8.42 Å². The van der Waals surface area contributed by atoms with Crippen molar-refractivity contribution in [1.29, 1.82) is 0 Å². The first kappa shape index (κ1) is 25.3. The lowest BCUT2D eigenvalue weighted by molar-refractivity contribution is 0.414. The van der Waals surface area contributed by atoms with E-state index in [0.29, 0.717) is 30.3 Å². The minimum atomic E-state index is -3.53. The normalized spacial score (nSPS) is 14.8. The van der Waals surface area contributed by atoms with Gasteiger partial charge in [-0.2, -0.15) is 4.31 Å². The lowest BCUT2D eigenvalue weighted by Gasteiger charge is -2.26. The summed E-state index contributed by atoms with van der Waals surface area (Å²) in [6.07, 6.45) is 2.77. The molecule has 3 aromatic carbocycles. The van der Waals surface area contributed by atoms with Gasteiger partial charge in [0.15, 0.2) is 0 Å². The van der Waals surface area contributed by atoms with E-state index in [1.807, 2.05) is 24.3 Å². The fourth-order valence-electron chi connectivity index (χ4n) is 5.26. The van der Waals surface area contributed by atoms with Crippen LogP contribution in [0.25, 0.3) is 16.5 Å². The molecule has 0 aliphatic carbocycles. The van der Waals surface area contributed by atoms with Crippen LogP contribution >= 0.6 is 0 Å². The molecule has 0 N–H and O–H groups in total. The summed E-state index contributed by atoms with van der Waals surface area (Å²) < 4.78 is 36.0. The van der Waals surface area contributed by atoms with E-state index in [9.17, 15) is 8.42 Å². The Morgan fingerprint density at radius 3 is 2.41 bits per heavy atom. The minimum absolute atomic E-state index is 0.361. The number of sulfonamides is 1. The van der Waals surface area contributed by atoms with E-state index in [1.165, 1.54) is 33.3 Å². The first-order valence-corrected chi connectivity index (χ1v) is 14.2. The van der Waals surface area contributed by atoms with Gasteiger partial charge in [-0.3, -0.25) is 0 Å². The summed E-state index contributed by atoms with van der Waals surface area (Å²) in [6, 6.07) is 24.0. The Morgan fingerprint density at radius 2 is 1.73 bits per heavy atom. The molecule has 192 valence electrons. The van der Waals surface area contributed by atoms with Gasteiger partial charge in [0.25, 0.3) is 0 Å². The number of fused-ring (bicyclic) bond motifs is 1. The van der Waals surface area contributed by atoms with Crippen molar-refractivity contribution in [2.75, 3.05) is 20.2 Å². The number of aromatic nitrogens is 1. The lowest BCUT2D eigenvalue weighted by Crippen LogP contribution is -2.34. The average Bonchev–Trinajstić information content (AvgIpc) is 3.19. The molecule has 1 aliphatic heterocycles. The number of benzene rings is 3. The van der Waals surface area contributed by atoms with Crippen LogP contribution in [0.3, 0.4) is 0 Å². The quantitative estimate of drug-likeness (QED) is 0.279. The highest BCUT2D eigenvalue weighted by Crippen LogP contribution is 2.36. The maximum Gasteiger partial charge on any atom is 0.243 e. The van der Waals surface area contributed by atoms with E-state index in [0.717, 1.165) is 17.9 Å². The topological polar surface area (TPSA) is 51.5 Å². The van der Waals surface area contributed by atoms with Gasteiger partial charge in [0.2, 0.25) is 10.0 Å². The number of hydrogen-bond acceptors (Lipinski definition) is 3. The molecule has 0 spiro atoms. The fourth-order valence-corrected chi connectivity index (χ4v) is 6.64. The smallest absolute Gasteiger partial charge is 0.243 e. The van der Waals surface area contributed by atoms with Gasteiger partial charge < -0.3 is 9.30 Å². The molecule has 2 heterocycles. The van der Waals surface area contributed by atoms with Crippen molar-refractivity contribution in [3.8, 4) is 5.75 Å². The number of para-hydroxylation sites is 1. The van der Waals surface area contributed by atoms with Crippen LogP contribution < -0.4 is 4.74 Å². The molecule has 1 aliphatic rings. The summed E-state index contributed by atoms with van der Waals surface area (Å²) >= 11 is 0. The summed E-state index contributed by atoms with van der Waals surface area (Å²) in [5.41, 5.74) is 7.11. The van der Waals surface area contributed by atoms with Gasteiger partial charge in [0, 0.05) is 41.8 Å². The number of hydrogen-bond donors (Lipinski definition) is 0. The van der Waals surface area contributed by atoms with Crippen molar-refractivity contribution in [2.45, 2.75) is 44.6 Å². The Labute approximate surface area is 220 Å². The second kappa shape index (κ2) is 10.2. The van der Waals surface area contributed by atoms with E-state index in [2.05, 4.69) is 67.8 Å². The number of rotatable bonds is 7. The maximum atomic E-state index is 13.3. The van der Waals surface area contributed by atoms with Crippen LogP contribution in [0.15, 0.2) is 83.8 Å². The lowest BCUT2D eigenvalue weighted by atomic mass is 9.97. The van der Waals surface area contributed by atoms with Gasteiger partial charge in [-0.05, 0) is 66.3 Å². The van der Waals surface area contributed by atoms with Gasteiger partial charge >= 0.3 is 0 Å². The Hall–Kier alpha value is -3.35. The fraction of sp³-hybridized carbons (Fsp3) is 0.290. The molecule has 37 heavy (non-hydrogen) atoms. The summed E-state index contributed by atoms with van der Waals surface area (Å²) in [5.74, 6) is 1.22. The van der Waals surface area contributed by atoms with Crippen molar-refractivity contribution in [2.24, 2.45) is 0 Å². The first-order valence-electron chi connectivity index (χ1n) is 12.8. The predicted molar refractivity (Wildman–Crippen MR) is 151 cm³/mol. The molecule has 0 radical (unpaired) electrons. The molecule has 0 unspecified atom stereocenters. The van der Waals surface area contributed by atoms with E-state index in [-0.39, 0.29) is 0 Å². The second-order valence-corrected chi connectivity index (χ2v) is 11.9.